The summed E-state index contributed by atoms with van der Waals surface area (Å²) in [6.45, 7) is 3.09. The van der Waals surface area contributed by atoms with Crippen LogP contribution in [0.5, 0.6) is 0 Å². The summed E-state index contributed by atoms with van der Waals surface area (Å²) in [4.78, 5) is 6.95. The highest BCUT2D eigenvalue weighted by Gasteiger charge is 2.27. The lowest BCUT2D eigenvalue weighted by Gasteiger charge is -2.35. The molecule has 2 fully saturated rings. The SMILES string of the molecule is NCCC1CCCCN1Cc1cncn1C1CC1. The van der Waals surface area contributed by atoms with E-state index in [9.17, 15) is 0 Å². The fraction of sp³-hybridized carbons (Fsp3) is 0.786. The van der Waals surface area contributed by atoms with Gasteiger partial charge in [0.25, 0.3) is 0 Å². The molecule has 1 aromatic heterocycles. The van der Waals surface area contributed by atoms with Gasteiger partial charge in [0.2, 0.25) is 0 Å². The molecule has 0 radical (unpaired) electrons. The summed E-state index contributed by atoms with van der Waals surface area (Å²) in [6, 6.07) is 1.42. The Labute approximate surface area is 109 Å². The lowest BCUT2D eigenvalue weighted by atomic mass is 9.99. The largest absolute Gasteiger partial charge is 0.330 e. The van der Waals surface area contributed by atoms with Crippen molar-refractivity contribution in [2.75, 3.05) is 13.1 Å². The van der Waals surface area contributed by atoms with E-state index in [2.05, 4.69) is 14.5 Å². The Morgan fingerprint density at radius 2 is 2.17 bits per heavy atom. The van der Waals surface area contributed by atoms with Crippen LogP contribution in [0.25, 0.3) is 0 Å². The highest BCUT2D eigenvalue weighted by atomic mass is 15.2. The summed E-state index contributed by atoms with van der Waals surface area (Å²) in [5, 5.41) is 0. The van der Waals surface area contributed by atoms with E-state index in [1.807, 2.05) is 12.5 Å². The van der Waals surface area contributed by atoms with Crippen LogP contribution < -0.4 is 5.73 Å². The maximum absolute atomic E-state index is 5.74. The van der Waals surface area contributed by atoms with Gasteiger partial charge < -0.3 is 10.3 Å². The summed E-state index contributed by atoms with van der Waals surface area (Å²) in [5.41, 5.74) is 7.13. The zero-order chi connectivity index (χ0) is 12.4. The molecule has 1 aliphatic heterocycles. The van der Waals surface area contributed by atoms with Gasteiger partial charge in [-0.2, -0.15) is 0 Å². The van der Waals surface area contributed by atoms with E-state index in [0.29, 0.717) is 6.04 Å². The van der Waals surface area contributed by atoms with Gasteiger partial charge in [-0.3, -0.25) is 4.90 Å². The van der Waals surface area contributed by atoms with Crippen LogP contribution in [0.15, 0.2) is 12.5 Å². The highest BCUT2D eigenvalue weighted by molar-refractivity contribution is 5.04. The van der Waals surface area contributed by atoms with E-state index in [4.69, 9.17) is 5.73 Å². The number of rotatable bonds is 5. The molecule has 0 aromatic carbocycles. The second-order valence-corrected chi connectivity index (χ2v) is 5.72. The van der Waals surface area contributed by atoms with E-state index in [-0.39, 0.29) is 0 Å². The standard InChI is InChI=1S/C14H24N4/c15-7-6-12-3-1-2-8-17(12)10-14-9-16-11-18(14)13-4-5-13/h9,11-13H,1-8,10,15H2. The normalized spacial score (nSPS) is 25.5. The molecule has 0 spiro atoms. The molecule has 4 nitrogen and oxygen atoms in total. The van der Waals surface area contributed by atoms with Crippen molar-refractivity contribution in [3.63, 3.8) is 0 Å². The van der Waals surface area contributed by atoms with Crippen molar-refractivity contribution >= 4 is 0 Å². The summed E-state index contributed by atoms with van der Waals surface area (Å²) < 4.78 is 2.38. The second-order valence-electron chi connectivity index (χ2n) is 5.72. The Balaban J connectivity index is 1.67. The van der Waals surface area contributed by atoms with Crippen LogP contribution in [-0.4, -0.2) is 33.6 Å². The van der Waals surface area contributed by atoms with Crippen molar-refractivity contribution in [1.82, 2.24) is 14.5 Å². The van der Waals surface area contributed by atoms with Crippen LogP contribution in [0.3, 0.4) is 0 Å². The molecule has 0 bridgehead atoms. The fourth-order valence-corrected chi connectivity index (χ4v) is 3.13. The predicted molar refractivity (Wildman–Crippen MR) is 72.2 cm³/mol. The van der Waals surface area contributed by atoms with Crippen molar-refractivity contribution in [3.8, 4) is 0 Å². The van der Waals surface area contributed by atoms with Crippen molar-refractivity contribution in [1.29, 1.82) is 0 Å². The van der Waals surface area contributed by atoms with E-state index >= 15 is 0 Å². The maximum atomic E-state index is 5.74. The monoisotopic (exact) mass is 248 g/mol. The Morgan fingerprint density at radius 3 is 2.94 bits per heavy atom. The molecule has 18 heavy (non-hydrogen) atoms. The highest BCUT2D eigenvalue weighted by Crippen LogP contribution is 2.36. The smallest absolute Gasteiger partial charge is 0.0951 e. The fourth-order valence-electron chi connectivity index (χ4n) is 3.13. The van der Waals surface area contributed by atoms with Crippen LogP contribution in [0, 0.1) is 0 Å². The predicted octanol–water partition coefficient (Wildman–Crippen LogP) is 1.92. The average Bonchev–Trinajstić information content (AvgIpc) is 3.13. The first-order valence-corrected chi connectivity index (χ1v) is 7.33. The van der Waals surface area contributed by atoms with Gasteiger partial charge in [0, 0.05) is 24.8 Å². The molecule has 3 rings (SSSR count). The molecule has 1 saturated heterocycles. The van der Waals surface area contributed by atoms with Crippen LogP contribution in [0.4, 0.5) is 0 Å². The van der Waals surface area contributed by atoms with E-state index < -0.39 is 0 Å². The first-order valence-electron chi connectivity index (χ1n) is 7.33. The molecule has 1 aliphatic carbocycles. The van der Waals surface area contributed by atoms with E-state index in [1.165, 1.54) is 44.3 Å². The molecule has 1 unspecified atom stereocenters. The zero-order valence-electron chi connectivity index (χ0n) is 11.1. The lowest BCUT2D eigenvalue weighted by Crippen LogP contribution is -2.40. The Bertz CT molecular complexity index is 381. The minimum absolute atomic E-state index is 0.686. The van der Waals surface area contributed by atoms with Gasteiger partial charge in [-0.25, -0.2) is 4.98 Å². The van der Waals surface area contributed by atoms with E-state index in [0.717, 1.165) is 25.6 Å². The number of aromatic nitrogens is 2. The maximum Gasteiger partial charge on any atom is 0.0951 e. The molecule has 2 aliphatic rings. The summed E-state index contributed by atoms with van der Waals surface area (Å²) in [7, 11) is 0. The minimum Gasteiger partial charge on any atom is -0.330 e. The molecule has 2 N–H and O–H groups in total. The van der Waals surface area contributed by atoms with Crippen molar-refractivity contribution in [2.24, 2.45) is 5.73 Å². The quantitative estimate of drug-likeness (QED) is 0.866. The molecule has 1 saturated carbocycles. The number of hydrogen-bond donors (Lipinski definition) is 1. The summed E-state index contributed by atoms with van der Waals surface area (Å²) >= 11 is 0. The first-order chi connectivity index (χ1) is 8.88. The number of nitrogens with zero attached hydrogens (tertiary/aromatic N) is 3. The minimum atomic E-state index is 0.686. The Hall–Kier alpha value is -0.870. The van der Waals surface area contributed by atoms with E-state index in [1.54, 1.807) is 0 Å². The van der Waals surface area contributed by atoms with Crippen LogP contribution >= 0.6 is 0 Å². The van der Waals surface area contributed by atoms with Gasteiger partial charge >= 0.3 is 0 Å². The third-order valence-electron chi connectivity index (χ3n) is 4.30. The molecular formula is C14H24N4. The van der Waals surface area contributed by atoms with Crippen molar-refractivity contribution in [2.45, 2.75) is 57.2 Å². The number of hydrogen-bond acceptors (Lipinski definition) is 3. The van der Waals surface area contributed by atoms with Crippen LogP contribution in [-0.2, 0) is 6.54 Å². The molecule has 1 atom stereocenters. The molecule has 1 aromatic rings. The van der Waals surface area contributed by atoms with Crippen molar-refractivity contribution in [3.05, 3.63) is 18.2 Å². The Kier molecular flexibility index (Phi) is 3.66. The van der Waals surface area contributed by atoms with Gasteiger partial charge in [0.1, 0.15) is 0 Å². The van der Waals surface area contributed by atoms with Gasteiger partial charge in [0.05, 0.1) is 12.0 Å². The van der Waals surface area contributed by atoms with Gasteiger partial charge in [-0.15, -0.1) is 0 Å². The average molecular weight is 248 g/mol. The van der Waals surface area contributed by atoms with Crippen LogP contribution in [0.2, 0.25) is 0 Å². The van der Waals surface area contributed by atoms with Gasteiger partial charge in [-0.1, -0.05) is 6.42 Å². The molecule has 0 amide bonds. The van der Waals surface area contributed by atoms with Gasteiger partial charge in [-0.05, 0) is 45.2 Å². The molecule has 2 heterocycles. The topological polar surface area (TPSA) is 47.1 Å². The zero-order valence-corrected chi connectivity index (χ0v) is 11.1. The summed E-state index contributed by atoms with van der Waals surface area (Å²) in [6.07, 6.45) is 11.9. The van der Waals surface area contributed by atoms with Crippen molar-refractivity contribution < 1.29 is 0 Å². The molecule has 4 heteroatoms. The number of imidazole rings is 1. The lowest BCUT2D eigenvalue weighted by molar-refractivity contribution is 0.131. The molecular weight excluding hydrogens is 224 g/mol. The first kappa shape index (κ1) is 12.2. The number of likely N-dealkylation sites (tertiary alicyclic amines) is 1. The summed E-state index contributed by atoms with van der Waals surface area (Å²) in [5.74, 6) is 0. The third kappa shape index (κ3) is 2.59. The van der Waals surface area contributed by atoms with Gasteiger partial charge in [0.15, 0.2) is 0 Å². The number of nitrogens with two attached hydrogens (primary N) is 1. The van der Waals surface area contributed by atoms with Crippen LogP contribution in [0.1, 0.15) is 50.3 Å². The number of piperidine rings is 1. The Morgan fingerprint density at radius 1 is 1.28 bits per heavy atom. The third-order valence-corrected chi connectivity index (χ3v) is 4.30. The second kappa shape index (κ2) is 5.41. The molecule has 100 valence electrons.